The number of rotatable bonds is 4. The third kappa shape index (κ3) is 2.91. The highest BCUT2D eigenvalue weighted by Crippen LogP contribution is 2.29. The van der Waals surface area contributed by atoms with Crippen LogP contribution in [0.2, 0.25) is 0 Å². The number of carbonyl (C=O) groups is 1. The Morgan fingerprint density at radius 3 is 2.18 bits per heavy atom. The maximum Gasteiger partial charge on any atom is 0.227 e. The normalized spacial score (nSPS) is 10.4. The number of amides is 1. The SMILES string of the molecule is CNC(=O)Cc1nc(-c2ccccc2)c(-c2ccccc2)[nH]1. The highest BCUT2D eigenvalue weighted by Gasteiger charge is 2.15. The molecule has 2 N–H and O–H groups in total. The first-order chi connectivity index (χ1) is 10.8. The molecule has 0 spiro atoms. The van der Waals surface area contributed by atoms with Gasteiger partial charge in [-0.2, -0.15) is 0 Å². The molecule has 0 aliphatic rings. The molecule has 0 unspecified atom stereocenters. The standard InChI is InChI=1S/C18H17N3O/c1-19-16(22)12-15-20-17(13-8-4-2-5-9-13)18(21-15)14-10-6-3-7-11-14/h2-11H,12H2,1H3,(H,19,22)(H,20,21). The lowest BCUT2D eigenvalue weighted by Gasteiger charge is -2.02. The zero-order valence-electron chi connectivity index (χ0n) is 12.3. The van der Waals surface area contributed by atoms with Crippen LogP contribution in [0.15, 0.2) is 60.7 Å². The number of benzene rings is 2. The maximum absolute atomic E-state index is 11.6. The van der Waals surface area contributed by atoms with Gasteiger partial charge in [-0.25, -0.2) is 4.98 Å². The van der Waals surface area contributed by atoms with E-state index in [4.69, 9.17) is 0 Å². The van der Waals surface area contributed by atoms with Crippen molar-refractivity contribution in [2.45, 2.75) is 6.42 Å². The molecule has 0 fully saturated rings. The van der Waals surface area contributed by atoms with E-state index in [1.165, 1.54) is 0 Å². The molecule has 3 rings (SSSR count). The molecular formula is C18H17N3O. The number of imidazole rings is 1. The number of nitrogens with one attached hydrogen (secondary N) is 2. The van der Waals surface area contributed by atoms with E-state index in [1.807, 2.05) is 60.7 Å². The summed E-state index contributed by atoms with van der Waals surface area (Å²) < 4.78 is 0. The molecule has 3 aromatic rings. The summed E-state index contributed by atoms with van der Waals surface area (Å²) >= 11 is 0. The van der Waals surface area contributed by atoms with Gasteiger partial charge in [-0.3, -0.25) is 4.79 Å². The minimum atomic E-state index is -0.0621. The summed E-state index contributed by atoms with van der Waals surface area (Å²) in [7, 11) is 1.63. The van der Waals surface area contributed by atoms with Gasteiger partial charge < -0.3 is 10.3 Å². The highest BCUT2D eigenvalue weighted by atomic mass is 16.1. The van der Waals surface area contributed by atoms with Crippen LogP contribution in [-0.2, 0) is 11.2 Å². The first-order valence-electron chi connectivity index (χ1n) is 7.18. The second kappa shape index (κ2) is 6.26. The predicted octanol–water partition coefficient (Wildman–Crippen LogP) is 3.03. The Bertz CT molecular complexity index is 707. The second-order valence-electron chi connectivity index (χ2n) is 4.99. The van der Waals surface area contributed by atoms with Gasteiger partial charge in [0.25, 0.3) is 0 Å². The minimum absolute atomic E-state index is 0.0621. The molecule has 0 atom stereocenters. The highest BCUT2D eigenvalue weighted by molar-refractivity contribution is 5.81. The van der Waals surface area contributed by atoms with E-state index in [2.05, 4.69) is 15.3 Å². The van der Waals surface area contributed by atoms with Crippen molar-refractivity contribution in [2.24, 2.45) is 0 Å². The lowest BCUT2D eigenvalue weighted by molar-refractivity contribution is -0.120. The largest absolute Gasteiger partial charge is 0.359 e. The molecule has 0 radical (unpaired) electrons. The van der Waals surface area contributed by atoms with Crippen LogP contribution in [0.5, 0.6) is 0 Å². The van der Waals surface area contributed by atoms with Crippen LogP contribution in [0.1, 0.15) is 5.82 Å². The molecule has 1 amide bonds. The quantitative estimate of drug-likeness (QED) is 0.776. The maximum atomic E-state index is 11.6. The Morgan fingerprint density at radius 1 is 1.00 bits per heavy atom. The molecule has 110 valence electrons. The number of hydrogen-bond acceptors (Lipinski definition) is 2. The summed E-state index contributed by atoms with van der Waals surface area (Å²) in [5, 5.41) is 2.62. The predicted molar refractivity (Wildman–Crippen MR) is 87.2 cm³/mol. The van der Waals surface area contributed by atoms with Crippen LogP contribution < -0.4 is 5.32 Å². The van der Waals surface area contributed by atoms with Crippen LogP contribution in [-0.4, -0.2) is 22.9 Å². The van der Waals surface area contributed by atoms with Gasteiger partial charge in [-0.1, -0.05) is 60.7 Å². The summed E-state index contributed by atoms with van der Waals surface area (Å²) in [6.45, 7) is 0. The number of aromatic amines is 1. The van der Waals surface area contributed by atoms with Crippen LogP contribution in [0.4, 0.5) is 0 Å². The van der Waals surface area contributed by atoms with Crippen LogP contribution in [0, 0.1) is 0 Å². The van der Waals surface area contributed by atoms with Crippen molar-refractivity contribution in [1.29, 1.82) is 0 Å². The molecule has 22 heavy (non-hydrogen) atoms. The molecule has 4 heteroatoms. The fourth-order valence-electron chi connectivity index (χ4n) is 2.37. The monoisotopic (exact) mass is 291 g/mol. The fourth-order valence-corrected chi connectivity index (χ4v) is 2.37. The van der Waals surface area contributed by atoms with Crippen LogP contribution in [0.25, 0.3) is 22.5 Å². The average molecular weight is 291 g/mol. The van der Waals surface area contributed by atoms with Gasteiger partial charge in [0.1, 0.15) is 5.82 Å². The molecule has 0 saturated heterocycles. The Kier molecular flexibility index (Phi) is 4.01. The van der Waals surface area contributed by atoms with E-state index >= 15 is 0 Å². The molecule has 4 nitrogen and oxygen atoms in total. The minimum Gasteiger partial charge on any atom is -0.359 e. The summed E-state index contributed by atoms with van der Waals surface area (Å²) in [5.74, 6) is 0.602. The Balaban J connectivity index is 2.08. The van der Waals surface area contributed by atoms with E-state index in [0.717, 1.165) is 22.5 Å². The number of H-pyrrole nitrogens is 1. The Hall–Kier alpha value is -2.88. The van der Waals surface area contributed by atoms with Crippen molar-refractivity contribution in [3.05, 3.63) is 66.5 Å². The lowest BCUT2D eigenvalue weighted by atomic mass is 10.1. The van der Waals surface area contributed by atoms with Gasteiger partial charge in [0, 0.05) is 18.2 Å². The summed E-state index contributed by atoms with van der Waals surface area (Å²) in [4.78, 5) is 19.5. The second-order valence-corrected chi connectivity index (χ2v) is 4.99. The molecule has 0 saturated carbocycles. The zero-order chi connectivity index (χ0) is 15.4. The van der Waals surface area contributed by atoms with Gasteiger partial charge in [-0.15, -0.1) is 0 Å². The molecule has 0 bridgehead atoms. The van der Waals surface area contributed by atoms with Crippen molar-refractivity contribution in [2.75, 3.05) is 7.05 Å². The van der Waals surface area contributed by atoms with Gasteiger partial charge in [0.2, 0.25) is 5.91 Å². The number of hydrogen-bond donors (Lipinski definition) is 2. The van der Waals surface area contributed by atoms with Gasteiger partial charge in [0.05, 0.1) is 17.8 Å². The molecule has 2 aromatic carbocycles. The van der Waals surface area contributed by atoms with Crippen molar-refractivity contribution in [3.63, 3.8) is 0 Å². The Labute approximate surface area is 129 Å². The summed E-state index contributed by atoms with van der Waals surface area (Å²) in [6, 6.07) is 20.0. The van der Waals surface area contributed by atoms with E-state index in [1.54, 1.807) is 7.05 Å². The molecular weight excluding hydrogens is 274 g/mol. The Morgan fingerprint density at radius 2 is 1.59 bits per heavy atom. The average Bonchev–Trinajstić information content (AvgIpc) is 3.00. The van der Waals surface area contributed by atoms with Crippen LogP contribution >= 0.6 is 0 Å². The van der Waals surface area contributed by atoms with Crippen molar-refractivity contribution >= 4 is 5.91 Å². The van der Waals surface area contributed by atoms with Gasteiger partial charge >= 0.3 is 0 Å². The zero-order valence-corrected chi connectivity index (χ0v) is 12.3. The summed E-state index contributed by atoms with van der Waals surface area (Å²) in [5.41, 5.74) is 3.88. The lowest BCUT2D eigenvalue weighted by Crippen LogP contribution is -2.20. The van der Waals surface area contributed by atoms with Crippen molar-refractivity contribution < 1.29 is 4.79 Å². The summed E-state index contributed by atoms with van der Waals surface area (Å²) in [6.07, 6.45) is 0.239. The number of carbonyl (C=O) groups excluding carboxylic acids is 1. The van der Waals surface area contributed by atoms with E-state index in [0.29, 0.717) is 5.82 Å². The molecule has 1 heterocycles. The molecule has 1 aromatic heterocycles. The van der Waals surface area contributed by atoms with Gasteiger partial charge in [0.15, 0.2) is 0 Å². The van der Waals surface area contributed by atoms with Gasteiger partial charge in [-0.05, 0) is 0 Å². The topological polar surface area (TPSA) is 57.8 Å². The first kappa shape index (κ1) is 14.1. The number of nitrogens with zero attached hydrogens (tertiary/aromatic N) is 1. The first-order valence-corrected chi connectivity index (χ1v) is 7.18. The number of aromatic nitrogens is 2. The van der Waals surface area contributed by atoms with Crippen molar-refractivity contribution in [3.8, 4) is 22.5 Å². The van der Waals surface area contributed by atoms with Crippen molar-refractivity contribution in [1.82, 2.24) is 15.3 Å². The fraction of sp³-hybridized carbons (Fsp3) is 0.111. The molecule has 0 aliphatic carbocycles. The van der Waals surface area contributed by atoms with Crippen LogP contribution in [0.3, 0.4) is 0 Å². The van der Waals surface area contributed by atoms with E-state index < -0.39 is 0 Å². The molecule has 0 aliphatic heterocycles. The van der Waals surface area contributed by atoms with E-state index in [9.17, 15) is 4.79 Å². The smallest absolute Gasteiger partial charge is 0.227 e. The van der Waals surface area contributed by atoms with E-state index in [-0.39, 0.29) is 12.3 Å². The number of likely N-dealkylation sites (N-methyl/N-ethyl adjacent to an activating group) is 1. The third-order valence-corrected chi connectivity index (χ3v) is 3.47. The third-order valence-electron chi connectivity index (χ3n) is 3.47.